The summed E-state index contributed by atoms with van der Waals surface area (Å²) in [5, 5.41) is 0. The van der Waals surface area contributed by atoms with Crippen LogP contribution in [0.1, 0.15) is 36.8 Å². The topological polar surface area (TPSA) is 3.24 Å². The fourth-order valence-electron chi connectivity index (χ4n) is 3.22. The van der Waals surface area contributed by atoms with Gasteiger partial charge >= 0.3 is 0 Å². The zero-order valence-electron chi connectivity index (χ0n) is 12.0. The highest BCUT2D eigenvalue weighted by Crippen LogP contribution is 2.26. The van der Waals surface area contributed by atoms with Crippen LogP contribution < -0.4 is 0 Å². The van der Waals surface area contributed by atoms with Crippen LogP contribution in [0.4, 0.5) is 0 Å². The molecule has 0 bridgehead atoms. The van der Waals surface area contributed by atoms with Gasteiger partial charge in [0.05, 0.1) is 0 Å². The molecule has 0 aromatic heterocycles. The van der Waals surface area contributed by atoms with Crippen LogP contribution in [-0.4, -0.2) is 10.9 Å². The van der Waals surface area contributed by atoms with Gasteiger partial charge in [-0.2, -0.15) is 0 Å². The first-order chi connectivity index (χ1) is 9.92. The third-order valence-corrected chi connectivity index (χ3v) is 4.30. The van der Waals surface area contributed by atoms with E-state index in [9.17, 15) is 0 Å². The van der Waals surface area contributed by atoms with Crippen molar-refractivity contribution in [2.45, 2.75) is 44.8 Å². The highest BCUT2D eigenvalue weighted by atomic mass is 15.2. The van der Waals surface area contributed by atoms with Gasteiger partial charge in [0.2, 0.25) is 0 Å². The number of hydrogen-bond acceptors (Lipinski definition) is 1. The lowest BCUT2D eigenvalue weighted by atomic mass is 10.1. The van der Waals surface area contributed by atoms with E-state index in [1.165, 1.54) is 36.8 Å². The van der Waals surface area contributed by atoms with Crippen LogP contribution in [0, 0.1) is 0 Å². The third-order valence-electron chi connectivity index (χ3n) is 4.30. The van der Waals surface area contributed by atoms with Crippen molar-refractivity contribution in [2.75, 3.05) is 0 Å². The third kappa shape index (κ3) is 3.49. The quantitative estimate of drug-likeness (QED) is 0.761. The molecule has 1 aliphatic carbocycles. The SMILES string of the molecule is c1ccc(CN(Cc2ccccc2)C2CCCC2)cc1. The van der Waals surface area contributed by atoms with Crippen molar-refractivity contribution in [3.05, 3.63) is 71.8 Å². The van der Waals surface area contributed by atoms with Crippen LogP contribution in [0.25, 0.3) is 0 Å². The minimum absolute atomic E-state index is 0.760. The Morgan fingerprint density at radius 1 is 0.700 bits per heavy atom. The summed E-state index contributed by atoms with van der Waals surface area (Å²) in [5.74, 6) is 0. The summed E-state index contributed by atoms with van der Waals surface area (Å²) < 4.78 is 0. The van der Waals surface area contributed by atoms with Crippen LogP contribution in [-0.2, 0) is 13.1 Å². The van der Waals surface area contributed by atoms with Crippen molar-refractivity contribution in [1.29, 1.82) is 0 Å². The number of hydrogen-bond donors (Lipinski definition) is 0. The van der Waals surface area contributed by atoms with Crippen molar-refractivity contribution in [1.82, 2.24) is 4.90 Å². The average molecular weight is 265 g/mol. The second-order valence-electron chi connectivity index (χ2n) is 5.81. The molecule has 104 valence electrons. The Balaban J connectivity index is 1.73. The van der Waals surface area contributed by atoms with Gasteiger partial charge in [-0.3, -0.25) is 4.90 Å². The molecule has 0 atom stereocenters. The Labute approximate surface area is 122 Å². The fourth-order valence-corrected chi connectivity index (χ4v) is 3.22. The standard InChI is InChI=1S/C19H23N/c1-3-9-17(10-4-1)15-20(19-13-7-8-14-19)16-18-11-5-2-6-12-18/h1-6,9-12,19H,7-8,13-16H2. The van der Waals surface area contributed by atoms with Gasteiger partial charge in [0, 0.05) is 19.1 Å². The normalized spacial score (nSPS) is 15.8. The lowest BCUT2D eigenvalue weighted by molar-refractivity contribution is 0.180. The van der Waals surface area contributed by atoms with E-state index in [0.29, 0.717) is 0 Å². The summed E-state index contributed by atoms with van der Waals surface area (Å²) in [6, 6.07) is 22.5. The molecule has 1 aliphatic rings. The zero-order valence-corrected chi connectivity index (χ0v) is 12.0. The van der Waals surface area contributed by atoms with Crippen molar-refractivity contribution in [3.8, 4) is 0 Å². The number of nitrogens with zero attached hydrogens (tertiary/aromatic N) is 1. The molecule has 0 amide bonds. The highest BCUT2D eigenvalue weighted by Gasteiger charge is 2.22. The van der Waals surface area contributed by atoms with E-state index < -0.39 is 0 Å². The molecular formula is C19H23N. The molecule has 1 heteroatoms. The summed E-state index contributed by atoms with van der Waals surface area (Å²) >= 11 is 0. The minimum Gasteiger partial charge on any atom is -0.292 e. The summed E-state index contributed by atoms with van der Waals surface area (Å²) in [6.07, 6.45) is 5.51. The monoisotopic (exact) mass is 265 g/mol. The Morgan fingerprint density at radius 3 is 1.60 bits per heavy atom. The molecule has 2 aromatic carbocycles. The van der Waals surface area contributed by atoms with Crippen molar-refractivity contribution >= 4 is 0 Å². The van der Waals surface area contributed by atoms with Gasteiger partial charge in [-0.15, -0.1) is 0 Å². The first kappa shape index (κ1) is 13.4. The Hall–Kier alpha value is -1.60. The van der Waals surface area contributed by atoms with E-state index >= 15 is 0 Å². The summed E-state index contributed by atoms with van der Waals surface area (Å²) in [5.41, 5.74) is 2.85. The first-order valence-corrected chi connectivity index (χ1v) is 7.74. The van der Waals surface area contributed by atoms with Crippen molar-refractivity contribution in [2.24, 2.45) is 0 Å². The fraction of sp³-hybridized carbons (Fsp3) is 0.368. The summed E-state index contributed by atoms with van der Waals surface area (Å²) in [4.78, 5) is 2.66. The van der Waals surface area contributed by atoms with Gasteiger partial charge in [-0.05, 0) is 24.0 Å². The smallest absolute Gasteiger partial charge is 0.0240 e. The molecule has 2 aromatic rings. The lowest BCUT2D eigenvalue weighted by Gasteiger charge is -2.29. The van der Waals surface area contributed by atoms with Gasteiger partial charge in [0.25, 0.3) is 0 Å². The summed E-state index contributed by atoms with van der Waals surface area (Å²) in [7, 11) is 0. The number of benzene rings is 2. The van der Waals surface area contributed by atoms with E-state index in [-0.39, 0.29) is 0 Å². The van der Waals surface area contributed by atoms with Gasteiger partial charge in [-0.25, -0.2) is 0 Å². The molecule has 0 aliphatic heterocycles. The predicted molar refractivity (Wildman–Crippen MR) is 84.4 cm³/mol. The maximum Gasteiger partial charge on any atom is 0.0240 e. The predicted octanol–water partition coefficient (Wildman–Crippen LogP) is 4.63. The van der Waals surface area contributed by atoms with E-state index in [0.717, 1.165) is 19.1 Å². The van der Waals surface area contributed by atoms with Gasteiger partial charge in [0.15, 0.2) is 0 Å². The molecule has 1 saturated carbocycles. The minimum atomic E-state index is 0.760. The average Bonchev–Trinajstić information content (AvgIpc) is 3.03. The van der Waals surface area contributed by atoms with E-state index in [4.69, 9.17) is 0 Å². The van der Waals surface area contributed by atoms with Gasteiger partial charge < -0.3 is 0 Å². The van der Waals surface area contributed by atoms with Crippen LogP contribution in [0.5, 0.6) is 0 Å². The van der Waals surface area contributed by atoms with Crippen molar-refractivity contribution in [3.63, 3.8) is 0 Å². The zero-order chi connectivity index (χ0) is 13.6. The van der Waals surface area contributed by atoms with Crippen LogP contribution in [0.3, 0.4) is 0 Å². The maximum absolute atomic E-state index is 2.66. The molecule has 0 N–H and O–H groups in total. The van der Waals surface area contributed by atoms with E-state index in [1.54, 1.807) is 0 Å². The van der Waals surface area contributed by atoms with Crippen LogP contribution in [0.15, 0.2) is 60.7 Å². The number of rotatable bonds is 5. The second kappa shape index (κ2) is 6.71. The molecule has 0 heterocycles. The highest BCUT2D eigenvalue weighted by molar-refractivity contribution is 5.17. The van der Waals surface area contributed by atoms with Gasteiger partial charge in [-0.1, -0.05) is 73.5 Å². The first-order valence-electron chi connectivity index (χ1n) is 7.74. The molecule has 20 heavy (non-hydrogen) atoms. The van der Waals surface area contributed by atoms with Crippen LogP contribution >= 0.6 is 0 Å². The van der Waals surface area contributed by atoms with E-state index in [1.807, 2.05) is 0 Å². The largest absolute Gasteiger partial charge is 0.292 e. The van der Waals surface area contributed by atoms with Crippen LogP contribution in [0.2, 0.25) is 0 Å². The van der Waals surface area contributed by atoms with E-state index in [2.05, 4.69) is 65.6 Å². The lowest BCUT2D eigenvalue weighted by Crippen LogP contribution is -2.32. The second-order valence-corrected chi connectivity index (χ2v) is 5.81. The molecule has 3 rings (SSSR count). The van der Waals surface area contributed by atoms with Crippen molar-refractivity contribution < 1.29 is 0 Å². The molecule has 0 spiro atoms. The Bertz CT molecular complexity index is 458. The maximum atomic E-state index is 2.66. The summed E-state index contributed by atoms with van der Waals surface area (Å²) in [6.45, 7) is 2.14. The molecule has 0 saturated heterocycles. The molecule has 0 radical (unpaired) electrons. The van der Waals surface area contributed by atoms with Gasteiger partial charge in [0.1, 0.15) is 0 Å². The molecule has 1 nitrogen and oxygen atoms in total. The molecule has 1 fully saturated rings. The Kier molecular flexibility index (Phi) is 4.49. The Morgan fingerprint density at radius 2 is 1.15 bits per heavy atom. The molecular weight excluding hydrogens is 242 g/mol. The molecule has 0 unspecified atom stereocenters.